The summed E-state index contributed by atoms with van der Waals surface area (Å²) in [6, 6.07) is 43.3. The van der Waals surface area contributed by atoms with E-state index in [9.17, 15) is 0 Å². The molecule has 8 heteroatoms. The van der Waals surface area contributed by atoms with Gasteiger partial charge in [0.1, 0.15) is 0 Å². The van der Waals surface area contributed by atoms with E-state index in [0.717, 1.165) is 27.8 Å². The van der Waals surface area contributed by atoms with Crippen LogP contribution in [0, 0.1) is 0 Å². The van der Waals surface area contributed by atoms with Gasteiger partial charge in [-0.1, -0.05) is 159 Å². The first kappa shape index (κ1) is 39.9. The maximum Gasteiger partial charge on any atom is 0.494 e. The summed E-state index contributed by atoms with van der Waals surface area (Å²) in [6.45, 7) is 8.36. The molecular weight excluding hydrogens is 995 g/mol. The second kappa shape index (κ2) is 16.7. The molecule has 0 saturated carbocycles. The second-order valence-electron chi connectivity index (χ2n) is 15.0. The van der Waals surface area contributed by atoms with Crippen molar-refractivity contribution < 1.29 is 9.31 Å². The van der Waals surface area contributed by atoms with Crippen LogP contribution in [-0.2, 0) is 35.0 Å². The maximum atomic E-state index is 6.17. The molecule has 0 unspecified atom stereocenters. The monoisotopic (exact) mass is 1030 g/mol. The van der Waals surface area contributed by atoms with E-state index in [0.29, 0.717) is 0 Å². The molecule has 1 saturated heterocycles. The predicted octanol–water partition coefficient (Wildman–Crippen LogP) is 14.4. The molecule has 9 rings (SSSR count). The van der Waals surface area contributed by atoms with Crippen LogP contribution in [0.25, 0.3) is 33.4 Å². The summed E-state index contributed by atoms with van der Waals surface area (Å²) < 4.78 is 17.7. The fourth-order valence-corrected chi connectivity index (χ4v) is 10.4. The molecule has 2 aliphatic carbocycles. The van der Waals surface area contributed by atoms with Crippen LogP contribution in [0.5, 0.6) is 0 Å². The van der Waals surface area contributed by atoms with Crippen molar-refractivity contribution in [1.29, 1.82) is 0 Å². The summed E-state index contributed by atoms with van der Waals surface area (Å²) in [5.41, 5.74) is 14.0. The van der Waals surface area contributed by atoms with Crippen LogP contribution in [0.2, 0.25) is 0 Å². The molecule has 1 heterocycles. The minimum atomic E-state index is -0.302. The largest absolute Gasteiger partial charge is 0.494 e. The number of fused-ring (bicyclic) bond motifs is 2. The Bertz CT molecular complexity index is 2250. The minimum absolute atomic E-state index is 0.299. The summed E-state index contributed by atoms with van der Waals surface area (Å²) in [5, 5.41) is 0. The highest BCUT2D eigenvalue weighted by atomic mass is 79.9. The molecule has 0 aromatic heterocycles. The summed E-state index contributed by atoms with van der Waals surface area (Å²) >= 11 is 17.2. The standard InChI is InChI=1S/C20H23BO2.C20H14Br2.C6H3Br3/c1-19(2)20(3,4)23-21(22-19)18-7-5-6-15(13-18)17-11-9-14-8-10-16(14)12-17;21-19-10-18(11-20(22)12-19)15-3-1-2-14(8-15)17-7-5-13-4-6-16(13)9-17;7-4-1-5(8)3-6(9)2-4/h5-7,9,11-13H,8,10H2,1-4H3;1-3,5,7-12H,4,6H2;1-3H. The van der Waals surface area contributed by atoms with E-state index in [-0.39, 0.29) is 18.3 Å². The molecule has 54 heavy (non-hydrogen) atoms. The summed E-state index contributed by atoms with van der Waals surface area (Å²) in [5.74, 6) is 0. The lowest BCUT2D eigenvalue weighted by atomic mass is 9.77. The van der Waals surface area contributed by atoms with Crippen LogP contribution in [-0.4, -0.2) is 18.3 Å². The Morgan fingerprint density at radius 3 is 1.19 bits per heavy atom. The van der Waals surface area contributed by atoms with Crippen molar-refractivity contribution in [3.63, 3.8) is 0 Å². The Balaban J connectivity index is 0.000000136. The lowest BCUT2D eigenvalue weighted by molar-refractivity contribution is 0.00578. The van der Waals surface area contributed by atoms with E-state index in [1.54, 1.807) is 0 Å². The molecule has 274 valence electrons. The van der Waals surface area contributed by atoms with Gasteiger partial charge in [-0.2, -0.15) is 0 Å². The quantitative estimate of drug-likeness (QED) is 0.164. The first-order valence-electron chi connectivity index (χ1n) is 18.1. The van der Waals surface area contributed by atoms with Crippen molar-refractivity contribution in [3.8, 4) is 33.4 Å². The molecule has 6 aromatic carbocycles. The molecule has 2 nitrogen and oxygen atoms in total. The lowest BCUT2D eigenvalue weighted by Gasteiger charge is -2.32. The molecule has 0 spiro atoms. The SMILES string of the molecule is Brc1cc(Br)cc(-c2cccc(-c3ccc4c(c3)CC4)c2)c1.Brc1cc(Br)cc(Br)c1.CC1(C)OB(c2cccc(-c3ccc4c(c3)CC4)c2)OC1(C)C. The zero-order valence-corrected chi connectivity index (χ0v) is 38.6. The van der Waals surface area contributed by atoms with Gasteiger partial charge in [0.15, 0.2) is 0 Å². The third-order valence-electron chi connectivity index (χ3n) is 10.7. The molecule has 6 aromatic rings. The van der Waals surface area contributed by atoms with Crippen LogP contribution in [0.3, 0.4) is 0 Å². The van der Waals surface area contributed by atoms with Gasteiger partial charge in [0.25, 0.3) is 0 Å². The lowest BCUT2D eigenvalue weighted by Crippen LogP contribution is -2.41. The minimum Gasteiger partial charge on any atom is -0.399 e. The Kier molecular flexibility index (Phi) is 12.3. The smallest absolute Gasteiger partial charge is 0.399 e. The van der Waals surface area contributed by atoms with E-state index in [4.69, 9.17) is 9.31 Å². The summed E-state index contributed by atoms with van der Waals surface area (Å²) in [7, 11) is -0.299. The number of rotatable bonds is 4. The zero-order chi connectivity index (χ0) is 38.2. The van der Waals surface area contributed by atoms with Crippen LogP contribution >= 0.6 is 79.6 Å². The third kappa shape index (κ3) is 9.28. The first-order valence-corrected chi connectivity index (χ1v) is 22.1. The van der Waals surface area contributed by atoms with Crippen molar-refractivity contribution in [3.05, 3.63) is 166 Å². The van der Waals surface area contributed by atoms with E-state index >= 15 is 0 Å². The highest BCUT2D eigenvalue weighted by Gasteiger charge is 2.51. The molecule has 0 bridgehead atoms. The molecular formula is C46H40BBr5O2. The van der Waals surface area contributed by atoms with Crippen molar-refractivity contribution >= 4 is 92.2 Å². The number of hydrogen-bond acceptors (Lipinski definition) is 2. The van der Waals surface area contributed by atoms with Crippen LogP contribution in [0.15, 0.2) is 144 Å². The zero-order valence-electron chi connectivity index (χ0n) is 30.7. The maximum absolute atomic E-state index is 6.17. The molecule has 3 aliphatic rings. The highest BCUT2D eigenvalue weighted by molar-refractivity contribution is 9.11. The average molecular weight is 1040 g/mol. The fraction of sp³-hybridized carbons (Fsp3) is 0.217. The predicted molar refractivity (Wildman–Crippen MR) is 245 cm³/mol. The van der Waals surface area contributed by atoms with E-state index in [2.05, 4.69) is 210 Å². The third-order valence-corrected chi connectivity index (χ3v) is 13.0. The Morgan fingerprint density at radius 2 is 0.759 bits per heavy atom. The van der Waals surface area contributed by atoms with E-state index < -0.39 is 0 Å². The van der Waals surface area contributed by atoms with Crippen molar-refractivity contribution in [2.45, 2.75) is 64.6 Å². The molecule has 0 N–H and O–H groups in total. The van der Waals surface area contributed by atoms with Crippen molar-refractivity contribution in [2.75, 3.05) is 0 Å². The van der Waals surface area contributed by atoms with Gasteiger partial charge < -0.3 is 9.31 Å². The molecule has 1 aliphatic heterocycles. The number of aryl methyl sites for hydroxylation is 4. The normalized spacial score (nSPS) is 15.7. The van der Waals surface area contributed by atoms with Crippen LogP contribution in [0.4, 0.5) is 0 Å². The van der Waals surface area contributed by atoms with Gasteiger partial charge in [-0.05, 0) is 157 Å². The Hall–Kier alpha value is -2.30. The number of benzene rings is 6. The molecule has 0 atom stereocenters. The first-order chi connectivity index (χ1) is 25.7. The van der Waals surface area contributed by atoms with E-state index in [1.807, 2.05) is 18.2 Å². The average Bonchev–Trinajstić information content (AvgIpc) is 3.31. The second-order valence-corrected chi connectivity index (χ2v) is 19.6. The Labute approximate surface area is 362 Å². The number of halogens is 5. The molecule has 0 radical (unpaired) electrons. The van der Waals surface area contributed by atoms with Gasteiger partial charge in [0.2, 0.25) is 0 Å². The Morgan fingerprint density at radius 1 is 0.389 bits per heavy atom. The molecule has 1 fully saturated rings. The van der Waals surface area contributed by atoms with Crippen LogP contribution < -0.4 is 5.46 Å². The van der Waals surface area contributed by atoms with Gasteiger partial charge in [0, 0.05) is 22.4 Å². The van der Waals surface area contributed by atoms with Gasteiger partial charge >= 0.3 is 7.12 Å². The number of hydrogen-bond donors (Lipinski definition) is 0. The summed E-state index contributed by atoms with van der Waals surface area (Å²) in [6.07, 6.45) is 4.90. The van der Waals surface area contributed by atoms with Crippen molar-refractivity contribution in [2.24, 2.45) is 0 Å². The van der Waals surface area contributed by atoms with Gasteiger partial charge in [-0.15, -0.1) is 0 Å². The fourth-order valence-electron chi connectivity index (χ4n) is 6.71. The van der Waals surface area contributed by atoms with Crippen LogP contribution in [0.1, 0.15) is 49.9 Å². The van der Waals surface area contributed by atoms with Gasteiger partial charge in [-0.25, -0.2) is 0 Å². The molecule has 0 amide bonds. The van der Waals surface area contributed by atoms with E-state index in [1.165, 1.54) is 81.3 Å². The topological polar surface area (TPSA) is 18.5 Å². The van der Waals surface area contributed by atoms with Gasteiger partial charge in [-0.3, -0.25) is 0 Å². The highest BCUT2D eigenvalue weighted by Crippen LogP contribution is 2.37. The summed E-state index contributed by atoms with van der Waals surface area (Å²) in [4.78, 5) is 0. The van der Waals surface area contributed by atoms with Crippen molar-refractivity contribution in [1.82, 2.24) is 0 Å². The van der Waals surface area contributed by atoms with Gasteiger partial charge in [0.05, 0.1) is 11.2 Å².